The van der Waals surface area contributed by atoms with Gasteiger partial charge in [-0.3, -0.25) is 19.2 Å². The SMILES string of the molecule is CC(C)(C)OC(=O)C[C@@H](C(=O)OC(C)(C)C)N(CCOCCN([C@@H](CC(=O)OC(C)(C)C)C(=O)OC(C)(C)C)S(=O)(=O)NC(=O)OCc1ccccc1)S(=O)(=O)NC(=O)OCc1ccccc1. The van der Waals surface area contributed by atoms with Gasteiger partial charge in [0, 0.05) is 13.1 Å². The highest BCUT2D eigenvalue weighted by Crippen LogP contribution is 2.22. The Morgan fingerprint density at radius 1 is 0.493 bits per heavy atom. The Bertz CT molecular complexity index is 2040. The van der Waals surface area contributed by atoms with E-state index in [4.69, 9.17) is 33.2 Å². The molecule has 23 heteroatoms. The molecular weight excluding hydrogens is 921 g/mol. The second-order valence-electron chi connectivity index (χ2n) is 18.9. The number of nitrogens with one attached hydrogen (secondary N) is 2. The van der Waals surface area contributed by atoms with Crippen molar-refractivity contribution < 1.29 is 78.8 Å². The highest BCUT2D eigenvalue weighted by atomic mass is 32.2. The summed E-state index contributed by atoms with van der Waals surface area (Å²) in [5.74, 6) is -4.42. The van der Waals surface area contributed by atoms with E-state index in [1.807, 2.05) is 0 Å². The summed E-state index contributed by atoms with van der Waals surface area (Å²) in [5.41, 5.74) is -3.49. The van der Waals surface area contributed by atoms with E-state index in [1.54, 1.807) is 112 Å². The van der Waals surface area contributed by atoms with Crippen LogP contribution in [-0.4, -0.2) is 122 Å². The van der Waals surface area contributed by atoms with Crippen LogP contribution in [0.5, 0.6) is 0 Å². The number of carbonyl (C=O) groups excluding carboxylic acids is 6. The van der Waals surface area contributed by atoms with Gasteiger partial charge in [-0.1, -0.05) is 60.7 Å². The first-order valence-electron chi connectivity index (χ1n) is 21.1. The van der Waals surface area contributed by atoms with Crippen LogP contribution in [-0.2, 0) is 86.0 Å². The van der Waals surface area contributed by atoms with Crippen molar-refractivity contribution in [3.63, 3.8) is 0 Å². The van der Waals surface area contributed by atoms with Gasteiger partial charge >= 0.3 is 56.5 Å². The predicted octanol–water partition coefficient (Wildman–Crippen LogP) is 4.83. The van der Waals surface area contributed by atoms with E-state index in [-0.39, 0.29) is 13.2 Å². The second-order valence-corrected chi connectivity index (χ2v) is 22.1. The molecule has 0 aliphatic carbocycles. The Balaban J connectivity index is 2.55. The molecule has 0 saturated heterocycles. The third kappa shape index (κ3) is 23.3. The van der Waals surface area contributed by atoms with Crippen LogP contribution in [0.3, 0.4) is 0 Å². The fraction of sp³-hybridized carbons (Fsp3) is 0.591. The summed E-state index contributed by atoms with van der Waals surface area (Å²) >= 11 is 0. The molecule has 376 valence electrons. The van der Waals surface area contributed by atoms with Crippen LogP contribution < -0.4 is 9.44 Å². The molecule has 2 rings (SSSR count). The van der Waals surface area contributed by atoms with Crippen molar-refractivity contribution >= 4 is 56.5 Å². The standard InChI is InChI=1S/C44H66N4O17S2/c1-41(2,3)62-35(49)27-33(37(51)64-43(7,8)9)47(66(55,56)45-39(53)60-29-31-19-15-13-16-20-31)23-25-59-26-24-48(67(57,58)46-40(54)61-30-32-21-17-14-18-22-32)34(38(52)65-44(10,11)12)28-36(50)63-42(4,5)6/h13-22,33-34H,23-30H2,1-12H3,(H,45,53)(H,46,54)/t33-,34-/m0/s1. The molecule has 2 amide bonds. The molecule has 0 bridgehead atoms. The number of esters is 4. The molecule has 0 fully saturated rings. The van der Waals surface area contributed by atoms with E-state index in [9.17, 15) is 45.6 Å². The van der Waals surface area contributed by atoms with Crippen LogP contribution in [0.15, 0.2) is 60.7 Å². The quantitative estimate of drug-likeness (QED) is 0.0908. The van der Waals surface area contributed by atoms with Gasteiger partial charge < -0.3 is 33.2 Å². The number of nitrogens with zero attached hydrogens (tertiary/aromatic N) is 2. The summed E-state index contributed by atoms with van der Waals surface area (Å²) in [6.45, 7) is 14.7. The molecular formula is C44H66N4O17S2. The van der Waals surface area contributed by atoms with E-state index in [1.165, 1.54) is 41.5 Å². The first kappa shape index (κ1) is 57.8. The predicted molar refractivity (Wildman–Crippen MR) is 242 cm³/mol. The van der Waals surface area contributed by atoms with Crippen molar-refractivity contribution in [2.45, 2.75) is 144 Å². The van der Waals surface area contributed by atoms with Gasteiger partial charge in [0.05, 0.1) is 26.1 Å². The van der Waals surface area contributed by atoms with Gasteiger partial charge in [0.2, 0.25) is 0 Å². The Morgan fingerprint density at radius 3 is 1.07 bits per heavy atom. The molecule has 0 aliphatic heterocycles. The Hall–Kier alpha value is -5.36. The van der Waals surface area contributed by atoms with Crippen molar-refractivity contribution in [3.05, 3.63) is 71.8 Å². The van der Waals surface area contributed by atoms with Gasteiger partial charge in [0.25, 0.3) is 0 Å². The third-order valence-corrected chi connectivity index (χ3v) is 11.0. The van der Waals surface area contributed by atoms with Crippen LogP contribution in [0.4, 0.5) is 9.59 Å². The average molecular weight is 987 g/mol. The van der Waals surface area contributed by atoms with Gasteiger partial charge in [0.1, 0.15) is 47.7 Å². The smallest absolute Gasteiger partial charge is 0.422 e. The zero-order chi connectivity index (χ0) is 51.0. The third-order valence-electron chi connectivity index (χ3n) is 7.99. The van der Waals surface area contributed by atoms with E-state index >= 15 is 0 Å². The zero-order valence-electron chi connectivity index (χ0n) is 40.2. The number of amides is 2. The van der Waals surface area contributed by atoms with Crippen LogP contribution in [0.25, 0.3) is 0 Å². The number of hydrogen-bond donors (Lipinski definition) is 2. The largest absolute Gasteiger partial charge is 0.460 e. The lowest BCUT2D eigenvalue weighted by molar-refractivity contribution is -0.167. The summed E-state index contributed by atoms with van der Waals surface area (Å²) in [4.78, 5) is 79.7. The summed E-state index contributed by atoms with van der Waals surface area (Å²) < 4.78 is 98.1. The first-order chi connectivity index (χ1) is 30.7. The molecule has 0 unspecified atom stereocenters. The lowest BCUT2D eigenvalue weighted by atomic mass is 10.1. The van der Waals surface area contributed by atoms with Crippen molar-refractivity contribution in [1.82, 2.24) is 18.1 Å². The molecule has 67 heavy (non-hydrogen) atoms. The summed E-state index contributed by atoms with van der Waals surface area (Å²) in [5, 5.41) is 0. The molecule has 0 radical (unpaired) electrons. The number of hydrogen-bond acceptors (Lipinski definition) is 17. The minimum absolute atomic E-state index is 0.337. The fourth-order valence-electron chi connectivity index (χ4n) is 5.56. The topological polar surface area (TPSA) is 266 Å². The average Bonchev–Trinajstić information content (AvgIpc) is 3.15. The molecule has 2 aromatic rings. The molecule has 0 saturated carbocycles. The Morgan fingerprint density at radius 2 is 0.791 bits per heavy atom. The van der Waals surface area contributed by atoms with Crippen LogP contribution >= 0.6 is 0 Å². The maximum atomic E-state index is 14.0. The van der Waals surface area contributed by atoms with E-state index < -0.39 is 130 Å². The maximum absolute atomic E-state index is 14.0. The lowest BCUT2D eigenvalue weighted by Gasteiger charge is -2.32. The highest BCUT2D eigenvalue weighted by Gasteiger charge is 2.43. The van der Waals surface area contributed by atoms with Gasteiger partial charge in [-0.05, 0) is 94.2 Å². The van der Waals surface area contributed by atoms with Crippen molar-refractivity contribution in [2.24, 2.45) is 0 Å². The zero-order valence-corrected chi connectivity index (χ0v) is 41.9. The van der Waals surface area contributed by atoms with Crippen LogP contribution in [0, 0.1) is 0 Å². The van der Waals surface area contributed by atoms with E-state index in [2.05, 4.69) is 0 Å². The van der Waals surface area contributed by atoms with Gasteiger partial charge in [-0.2, -0.15) is 25.4 Å². The van der Waals surface area contributed by atoms with Gasteiger partial charge in [-0.25, -0.2) is 19.0 Å². The lowest BCUT2D eigenvalue weighted by Crippen LogP contribution is -2.55. The molecule has 0 heterocycles. The molecule has 21 nitrogen and oxygen atoms in total. The van der Waals surface area contributed by atoms with Crippen molar-refractivity contribution in [1.29, 1.82) is 0 Å². The summed E-state index contributed by atoms with van der Waals surface area (Å²) in [7, 11) is -10.2. The normalized spacial score (nSPS) is 13.5. The van der Waals surface area contributed by atoms with Gasteiger partial charge in [-0.15, -0.1) is 0 Å². The Kier molecular flexibility index (Phi) is 21.2. The Labute approximate surface area is 393 Å². The second kappa shape index (κ2) is 24.6. The molecule has 0 aromatic heterocycles. The number of ether oxygens (including phenoxy) is 7. The highest BCUT2D eigenvalue weighted by molar-refractivity contribution is 7.88. The fourth-order valence-corrected chi connectivity index (χ4v) is 7.95. The summed E-state index contributed by atoms with van der Waals surface area (Å²) in [6, 6.07) is 12.7. The molecule has 2 aromatic carbocycles. The molecule has 0 spiro atoms. The number of benzene rings is 2. The molecule has 0 aliphatic rings. The van der Waals surface area contributed by atoms with E-state index in [0.29, 0.717) is 19.7 Å². The van der Waals surface area contributed by atoms with Crippen LogP contribution in [0.2, 0.25) is 0 Å². The maximum Gasteiger partial charge on any atom is 0.422 e. The van der Waals surface area contributed by atoms with Crippen molar-refractivity contribution in [3.8, 4) is 0 Å². The first-order valence-corrected chi connectivity index (χ1v) is 24.0. The van der Waals surface area contributed by atoms with Crippen LogP contribution in [0.1, 0.15) is 107 Å². The van der Waals surface area contributed by atoms with E-state index in [0.717, 1.165) is 0 Å². The number of rotatable bonds is 22. The molecule has 2 atom stereocenters. The van der Waals surface area contributed by atoms with Gasteiger partial charge in [0.15, 0.2) is 0 Å². The minimum Gasteiger partial charge on any atom is -0.460 e. The molecule has 2 N–H and O–H groups in total. The summed E-state index contributed by atoms with van der Waals surface area (Å²) in [6.07, 6.45) is -4.67. The number of carbonyl (C=O) groups is 6. The monoisotopic (exact) mass is 986 g/mol. The van der Waals surface area contributed by atoms with Crippen molar-refractivity contribution in [2.75, 3.05) is 26.3 Å². The minimum atomic E-state index is -5.11.